The van der Waals surface area contributed by atoms with Crippen molar-refractivity contribution in [2.45, 2.75) is 20.3 Å². The van der Waals surface area contributed by atoms with Gasteiger partial charge in [-0.1, -0.05) is 6.58 Å². The van der Waals surface area contributed by atoms with Crippen LogP contribution in [0.15, 0.2) is 23.9 Å². The van der Waals surface area contributed by atoms with Crippen molar-refractivity contribution in [2.75, 3.05) is 0 Å². The fourth-order valence-electron chi connectivity index (χ4n) is 0.757. The smallest absolute Gasteiger partial charge is 0.221 e. The topological polar surface area (TPSA) is 46.2 Å². The molecule has 0 saturated heterocycles. The van der Waals surface area contributed by atoms with E-state index in [2.05, 4.69) is 11.9 Å². The van der Waals surface area contributed by atoms with E-state index in [1.165, 1.54) is 13.0 Å². The first-order chi connectivity index (χ1) is 5.61. The van der Waals surface area contributed by atoms with Gasteiger partial charge in [0.25, 0.3) is 0 Å². The van der Waals surface area contributed by atoms with Crippen molar-refractivity contribution in [1.29, 1.82) is 0 Å². The number of aldehydes is 1. The Morgan fingerprint density at radius 2 is 2.08 bits per heavy atom. The van der Waals surface area contributed by atoms with E-state index < -0.39 is 0 Å². The van der Waals surface area contributed by atoms with Crippen LogP contribution in [0, 0.1) is 0 Å². The molecule has 3 heteroatoms. The molecule has 0 aliphatic heterocycles. The van der Waals surface area contributed by atoms with Crippen LogP contribution in [0.25, 0.3) is 0 Å². The SMILES string of the molecule is C=C/C(NC(C)=O)=C(\C)CC=O. The van der Waals surface area contributed by atoms with Gasteiger partial charge in [-0.05, 0) is 18.6 Å². The Kier molecular flexibility index (Phi) is 4.69. The van der Waals surface area contributed by atoms with E-state index in [0.29, 0.717) is 12.1 Å². The van der Waals surface area contributed by atoms with E-state index in [1.807, 2.05) is 0 Å². The fourth-order valence-corrected chi connectivity index (χ4v) is 0.757. The number of carbonyl (C=O) groups excluding carboxylic acids is 2. The van der Waals surface area contributed by atoms with Gasteiger partial charge in [0, 0.05) is 19.0 Å². The van der Waals surface area contributed by atoms with E-state index in [-0.39, 0.29) is 5.91 Å². The molecule has 0 radical (unpaired) electrons. The highest BCUT2D eigenvalue weighted by atomic mass is 16.1. The van der Waals surface area contributed by atoms with Crippen LogP contribution in [-0.4, -0.2) is 12.2 Å². The van der Waals surface area contributed by atoms with Crippen molar-refractivity contribution in [3.8, 4) is 0 Å². The molecule has 0 spiro atoms. The predicted octanol–water partition coefficient (Wildman–Crippen LogP) is 1.17. The Balaban J connectivity index is 4.48. The van der Waals surface area contributed by atoms with Crippen LogP contribution < -0.4 is 5.32 Å². The van der Waals surface area contributed by atoms with Gasteiger partial charge in [-0.2, -0.15) is 0 Å². The Labute approximate surface area is 72.2 Å². The minimum atomic E-state index is -0.157. The number of hydrogen-bond acceptors (Lipinski definition) is 2. The summed E-state index contributed by atoms with van der Waals surface area (Å²) in [5.41, 5.74) is 1.44. The summed E-state index contributed by atoms with van der Waals surface area (Å²) in [5.74, 6) is -0.157. The van der Waals surface area contributed by atoms with Gasteiger partial charge in [0.1, 0.15) is 6.29 Å². The summed E-state index contributed by atoms with van der Waals surface area (Å²) in [6.45, 7) is 6.72. The highest BCUT2D eigenvalue weighted by Gasteiger charge is 1.99. The molecule has 0 heterocycles. The van der Waals surface area contributed by atoms with Gasteiger partial charge in [0.05, 0.1) is 0 Å². The highest BCUT2D eigenvalue weighted by molar-refractivity contribution is 5.75. The lowest BCUT2D eigenvalue weighted by Crippen LogP contribution is -2.19. The molecule has 0 unspecified atom stereocenters. The number of hydrogen-bond donors (Lipinski definition) is 1. The van der Waals surface area contributed by atoms with Crippen LogP contribution in [0.2, 0.25) is 0 Å². The minimum Gasteiger partial charge on any atom is -0.326 e. The second-order valence-corrected chi connectivity index (χ2v) is 2.45. The Morgan fingerprint density at radius 3 is 2.42 bits per heavy atom. The van der Waals surface area contributed by atoms with Crippen LogP contribution in [0.4, 0.5) is 0 Å². The fraction of sp³-hybridized carbons (Fsp3) is 0.333. The van der Waals surface area contributed by atoms with Crippen LogP contribution in [0.3, 0.4) is 0 Å². The molecular weight excluding hydrogens is 154 g/mol. The first kappa shape index (κ1) is 10.6. The summed E-state index contributed by atoms with van der Waals surface area (Å²) in [4.78, 5) is 20.8. The van der Waals surface area contributed by atoms with Gasteiger partial charge in [0.15, 0.2) is 0 Å². The van der Waals surface area contributed by atoms with Crippen molar-refractivity contribution in [1.82, 2.24) is 5.32 Å². The monoisotopic (exact) mass is 167 g/mol. The van der Waals surface area contributed by atoms with Crippen LogP contribution in [0.1, 0.15) is 20.3 Å². The molecule has 12 heavy (non-hydrogen) atoms. The summed E-state index contributed by atoms with van der Waals surface area (Å²) in [6.07, 6.45) is 2.64. The number of allylic oxidation sites excluding steroid dienone is 2. The van der Waals surface area contributed by atoms with Gasteiger partial charge >= 0.3 is 0 Å². The molecule has 0 aliphatic carbocycles. The first-order valence-corrected chi connectivity index (χ1v) is 3.65. The highest BCUT2D eigenvalue weighted by Crippen LogP contribution is 2.04. The summed E-state index contributed by atoms with van der Waals surface area (Å²) in [6, 6.07) is 0. The first-order valence-electron chi connectivity index (χ1n) is 3.65. The summed E-state index contributed by atoms with van der Waals surface area (Å²) < 4.78 is 0. The van der Waals surface area contributed by atoms with Gasteiger partial charge in [-0.3, -0.25) is 4.79 Å². The maximum Gasteiger partial charge on any atom is 0.221 e. The van der Waals surface area contributed by atoms with Crippen molar-refractivity contribution in [2.24, 2.45) is 0 Å². The van der Waals surface area contributed by atoms with E-state index in [4.69, 9.17) is 0 Å². The van der Waals surface area contributed by atoms with E-state index in [1.54, 1.807) is 6.92 Å². The summed E-state index contributed by atoms with van der Waals surface area (Å²) in [5, 5.41) is 2.58. The normalized spacial score (nSPS) is 11.5. The molecule has 0 atom stereocenters. The quantitative estimate of drug-likeness (QED) is 0.504. The number of rotatable bonds is 4. The molecule has 66 valence electrons. The van der Waals surface area contributed by atoms with Gasteiger partial charge in [0.2, 0.25) is 5.91 Å². The zero-order valence-corrected chi connectivity index (χ0v) is 7.39. The van der Waals surface area contributed by atoms with Gasteiger partial charge < -0.3 is 10.1 Å². The zero-order chi connectivity index (χ0) is 9.56. The van der Waals surface area contributed by atoms with Gasteiger partial charge in [-0.15, -0.1) is 0 Å². The number of nitrogens with one attached hydrogen (secondary N) is 1. The standard InChI is InChI=1S/C9H13NO2/c1-4-9(10-8(3)12)7(2)5-6-11/h4,6H,1,5H2,2-3H3,(H,10,12)/b9-7-. The molecule has 0 saturated carbocycles. The third-order valence-corrected chi connectivity index (χ3v) is 1.36. The number of carbonyl (C=O) groups is 2. The molecule has 0 fully saturated rings. The number of amides is 1. The molecule has 0 bridgehead atoms. The van der Waals surface area contributed by atoms with Crippen molar-refractivity contribution >= 4 is 12.2 Å². The molecule has 0 rings (SSSR count). The van der Waals surface area contributed by atoms with Crippen molar-refractivity contribution in [3.63, 3.8) is 0 Å². The molecular formula is C9H13NO2. The minimum absolute atomic E-state index is 0.157. The second kappa shape index (κ2) is 5.29. The summed E-state index contributed by atoms with van der Waals surface area (Å²) >= 11 is 0. The average Bonchev–Trinajstić information content (AvgIpc) is 2.00. The lowest BCUT2D eigenvalue weighted by molar-refractivity contribution is -0.118. The Bertz CT molecular complexity index is 229. The molecule has 1 amide bonds. The maximum atomic E-state index is 10.6. The Hall–Kier alpha value is -1.38. The zero-order valence-electron chi connectivity index (χ0n) is 7.39. The van der Waals surface area contributed by atoms with Gasteiger partial charge in [-0.25, -0.2) is 0 Å². The molecule has 3 nitrogen and oxygen atoms in total. The van der Waals surface area contributed by atoms with E-state index in [9.17, 15) is 9.59 Å². The van der Waals surface area contributed by atoms with Crippen LogP contribution in [0.5, 0.6) is 0 Å². The van der Waals surface area contributed by atoms with Crippen molar-refractivity contribution in [3.05, 3.63) is 23.9 Å². The lowest BCUT2D eigenvalue weighted by atomic mass is 10.2. The predicted molar refractivity (Wildman–Crippen MR) is 47.4 cm³/mol. The van der Waals surface area contributed by atoms with Crippen LogP contribution >= 0.6 is 0 Å². The van der Waals surface area contributed by atoms with Crippen molar-refractivity contribution < 1.29 is 9.59 Å². The third kappa shape index (κ3) is 3.71. The van der Waals surface area contributed by atoms with E-state index >= 15 is 0 Å². The molecule has 0 aromatic rings. The summed E-state index contributed by atoms with van der Waals surface area (Å²) in [7, 11) is 0. The van der Waals surface area contributed by atoms with Crippen LogP contribution in [-0.2, 0) is 9.59 Å². The lowest BCUT2D eigenvalue weighted by Gasteiger charge is -2.05. The Morgan fingerprint density at radius 1 is 1.50 bits per heavy atom. The average molecular weight is 167 g/mol. The van der Waals surface area contributed by atoms with E-state index in [0.717, 1.165) is 11.9 Å². The second-order valence-electron chi connectivity index (χ2n) is 2.45. The maximum absolute atomic E-state index is 10.6. The molecule has 0 aromatic carbocycles. The molecule has 0 aliphatic rings. The molecule has 0 aromatic heterocycles. The third-order valence-electron chi connectivity index (χ3n) is 1.36. The molecule has 1 N–H and O–H groups in total. The largest absolute Gasteiger partial charge is 0.326 e.